The summed E-state index contributed by atoms with van der Waals surface area (Å²) in [6, 6.07) is 12.9. The van der Waals surface area contributed by atoms with E-state index in [0.29, 0.717) is 41.1 Å². The number of halogens is 2. The Kier molecular flexibility index (Phi) is 7.64. The average molecular weight is 452 g/mol. The molecule has 0 radical (unpaired) electrons. The summed E-state index contributed by atoms with van der Waals surface area (Å²) in [6.07, 6.45) is 0.325. The van der Waals surface area contributed by atoms with Crippen molar-refractivity contribution in [3.8, 4) is 11.5 Å². The van der Waals surface area contributed by atoms with Gasteiger partial charge in [-0.3, -0.25) is 9.69 Å². The minimum atomic E-state index is -0.454. The zero-order chi connectivity index (χ0) is 21.7. The molecule has 1 aliphatic rings. The second-order valence-corrected chi connectivity index (χ2v) is 9.15. The summed E-state index contributed by atoms with van der Waals surface area (Å²) in [5.41, 5.74) is 0.610. The van der Waals surface area contributed by atoms with Gasteiger partial charge in [0.05, 0.1) is 19.1 Å². The Balaban J connectivity index is 1.54. The van der Waals surface area contributed by atoms with Crippen molar-refractivity contribution in [2.45, 2.75) is 38.9 Å². The second-order valence-electron chi connectivity index (χ2n) is 8.27. The number of carbonyl (C=O) groups excluding carboxylic acids is 1. The van der Waals surface area contributed by atoms with Crippen molar-refractivity contribution in [3.05, 3.63) is 58.1 Å². The summed E-state index contributed by atoms with van der Waals surface area (Å²) in [7, 11) is 0. The minimum Gasteiger partial charge on any atom is -0.460 e. The van der Waals surface area contributed by atoms with Crippen LogP contribution in [0.2, 0.25) is 10.0 Å². The van der Waals surface area contributed by atoms with Gasteiger partial charge < -0.3 is 14.2 Å². The van der Waals surface area contributed by atoms with Crippen LogP contribution in [0.25, 0.3) is 0 Å². The van der Waals surface area contributed by atoms with E-state index in [2.05, 4.69) is 4.90 Å². The van der Waals surface area contributed by atoms with E-state index in [1.807, 2.05) is 45.0 Å². The van der Waals surface area contributed by atoms with E-state index in [1.165, 1.54) is 0 Å². The minimum absolute atomic E-state index is 0.0490. The molecular formula is C23H27Cl2NO4. The summed E-state index contributed by atoms with van der Waals surface area (Å²) in [5, 5.41) is 1.05. The molecule has 2 aromatic rings. The molecule has 162 valence electrons. The van der Waals surface area contributed by atoms with Crippen molar-refractivity contribution in [2.24, 2.45) is 0 Å². The molecule has 1 unspecified atom stereocenters. The molecule has 1 fully saturated rings. The van der Waals surface area contributed by atoms with Crippen LogP contribution in [0.1, 0.15) is 38.9 Å². The lowest BCUT2D eigenvalue weighted by Gasteiger charge is -2.33. The molecule has 0 aliphatic carbocycles. The van der Waals surface area contributed by atoms with Gasteiger partial charge in [0.25, 0.3) is 0 Å². The molecule has 0 N–H and O–H groups in total. The van der Waals surface area contributed by atoms with Crippen molar-refractivity contribution < 1.29 is 19.0 Å². The van der Waals surface area contributed by atoms with E-state index < -0.39 is 5.60 Å². The molecule has 0 amide bonds. The molecule has 30 heavy (non-hydrogen) atoms. The first kappa shape index (κ1) is 22.9. The highest BCUT2D eigenvalue weighted by molar-refractivity contribution is 6.34. The fraction of sp³-hybridized carbons (Fsp3) is 0.435. The first-order valence-electron chi connectivity index (χ1n) is 9.98. The molecule has 1 atom stereocenters. The maximum absolute atomic E-state index is 12.0. The molecule has 5 nitrogen and oxygen atoms in total. The lowest BCUT2D eigenvalue weighted by Crippen LogP contribution is -2.39. The first-order chi connectivity index (χ1) is 14.2. The Morgan fingerprint density at radius 2 is 1.77 bits per heavy atom. The van der Waals surface area contributed by atoms with Gasteiger partial charge in [-0.05, 0) is 56.7 Å². The quantitative estimate of drug-likeness (QED) is 0.512. The van der Waals surface area contributed by atoms with E-state index >= 15 is 0 Å². The Hall–Kier alpha value is -1.79. The van der Waals surface area contributed by atoms with Crippen molar-refractivity contribution in [3.63, 3.8) is 0 Å². The highest BCUT2D eigenvalue weighted by Gasteiger charge is 2.23. The van der Waals surface area contributed by atoms with Crippen LogP contribution in [-0.4, -0.2) is 42.7 Å². The molecular weight excluding hydrogens is 425 g/mol. The molecule has 1 aliphatic heterocycles. The molecule has 3 rings (SSSR count). The molecule has 1 heterocycles. The van der Waals surface area contributed by atoms with Crippen LogP contribution in [0.5, 0.6) is 11.5 Å². The summed E-state index contributed by atoms with van der Waals surface area (Å²) in [4.78, 5) is 14.2. The zero-order valence-corrected chi connectivity index (χ0v) is 19.0. The first-order valence-corrected chi connectivity index (χ1v) is 10.7. The highest BCUT2D eigenvalue weighted by Crippen LogP contribution is 2.30. The molecule has 0 saturated carbocycles. The summed E-state index contributed by atoms with van der Waals surface area (Å²) in [6.45, 7) is 8.45. The number of ether oxygens (including phenoxy) is 3. The predicted molar refractivity (Wildman–Crippen MR) is 119 cm³/mol. The van der Waals surface area contributed by atoms with Gasteiger partial charge in [0.1, 0.15) is 17.1 Å². The van der Waals surface area contributed by atoms with Gasteiger partial charge in [-0.2, -0.15) is 0 Å². The third kappa shape index (κ3) is 7.17. The van der Waals surface area contributed by atoms with Gasteiger partial charge in [-0.1, -0.05) is 35.3 Å². The van der Waals surface area contributed by atoms with Crippen LogP contribution < -0.4 is 4.74 Å². The third-order valence-corrected chi connectivity index (χ3v) is 4.96. The number of hydrogen-bond acceptors (Lipinski definition) is 5. The molecule has 0 spiro atoms. The number of rotatable bonds is 6. The van der Waals surface area contributed by atoms with E-state index in [1.54, 1.807) is 18.2 Å². The Bertz CT molecular complexity index is 844. The van der Waals surface area contributed by atoms with E-state index in [-0.39, 0.29) is 12.1 Å². The Morgan fingerprint density at radius 1 is 1.10 bits per heavy atom. The smallest absolute Gasteiger partial charge is 0.307 e. The highest BCUT2D eigenvalue weighted by atomic mass is 35.5. The van der Waals surface area contributed by atoms with Gasteiger partial charge in [-0.25, -0.2) is 0 Å². The van der Waals surface area contributed by atoms with Crippen LogP contribution >= 0.6 is 23.2 Å². The predicted octanol–water partition coefficient (Wildman–Crippen LogP) is 5.89. The molecule has 7 heteroatoms. The van der Waals surface area contributed by atoms with Gasteiger partial charge in [0.15, 0.2) is 0 Å². The van der Waals surface area contributed by atoms with Crippen LogP contribution in [0.4, 0.5) is 0 Å². The Labute approximate surface area is 187 Å². The Morgan fingerprint density at radius 3 is 2.40 bits per heavy atom. The molecule has 0 aromatic heterocycles. The maximum atomic E-state index is 12.0. The summed E-state index contributed by atoms with van der Waals surface area (Å²) >= 11 is 12.0. The third-order valence-electron chi connectivity index (χ3n) is 4.53. The number of carbonyl (C=O) groups is 1. The van der Waals surface area contributed by atoms with Crippen LogP contribution in [0.3, 0.4) is 0 Å². The van der Waals surface area contributed by atoms with E-state index in [4.69, 9.17) is 37.4 Å². The second kappa shape index (κ2) is 10.0. The number of morpholine rings is 1. The molecule has 0 bridgehead atoms. The largest absolute Gasteiger partial charge is 0.460 e. The SMILES string of the molecule is CC(C)(C)OC(=O)CCN1CCOC(c2ccc(Oc3cc(Cl)cc(Cl)c3)cc2)C1. The fourth-order valence-corrected chi connectivity index (χ4v) is 3.73. The summed E-state index contributed by atoms with van der Waals surface area (Å²) in [5.74, 6) is 1.10. The average Bonchev–Trinajstić information content (AvgIpc) is 2.65. The lowest BCUT2D eigenvalue weighted by atomic mass is 10.1. The topological polar surface area (TPSA) is 48.0 Å². The molecule has 1 saturated heterocycles. The van der Waals surface area contributed by atoms with Crippen molar-refractivity contribution in [2.75, 3.05) is 26.2 Å². The normalized spacial score (nSPS) is 17.6. The fourth-order valence-electron chi connectivity index (χ4n) is 3.22. The number of esters is 1. The van der Waals surface area contributed by atoms with Crippen molar-refractivity contribution in [1.29, 1.82) is 0 Å². The number of nitrogens with zero attached hydrogens (tertiary/aromatic N) is 1. The monoisotopic (exact) mass is 451 g/mol. The van der Waals surface area contributed by atoms with Crippen LogP contribution in [0, 0.1) is 0 Å². The van der Waals surface area contributed by atoms with Crippen molar-refractivity contribution >= 4 is 29.2 Å². The van der Waals surface area contributed by atoms with Gasteiger partial charge in [0.2, 0.25) is 0 Å². The van der Waals surface area contributed by atoms with Crippen LogP contribution in [0.15, 0.2) is 42.5 Å². The van der Waals surface area contributed by atoms with Gasteiger partial charge in [-0.15, -0.1) is 0 Å². The van der Waals surface area contributed by atoms with Crippen LogP contribution in [-0.2, 0) is 14.3 Å². The van der Waals surface area contributed by atoms with Gasteiger partial charge in [0, 0.05) is 29.7 Å². The zero-order valence-electron chi connectivity index (χ0n) is 17.5. The molecule has 2 aromatic carbocycles. The van der Waals surface area contributed by atoms with Gasteiger partial charge >= 0.3 is 5.97 Å². The van der Waals surface area contributed by atoms with E-state index in [0.717, 1.165) is 18.7 Å². The number of hydrogen-bond donors (Lipinski definition) is 0. The van der Waals surface area contributed by atoms with E-state index in [9.17, 15) is 4.79 Å². The standard InChI is InChI=1S/C23H27Cl2NO4/c1-23(2,3)30-22(27)8-9-26-10-11-28-21(15-26)16-4-6-19(7-5-16)29-20-13-17(24)12-18(25)14-20/h4-7,12-14,21H,8-11,15H2,1-3H3. The lowest BCUT2D eigenvalue weighted by molar-refractivity contribution is -0.155. The van der Waals surface area contributed by atoms with Crippen molar-refractivity contribution in [1.82, 2.24) is 4.90 Å². The summed E-state index contributed by atoms with van der Waals surface area (Å²) < 4.78 is 17.2. The number of benzene rings is 2. The maximum Gasteiger partial charge on any atom is 0.307 e.